The Balaban J connectivity index is 1.93. The number of anilines is 1. The second-order valence-electron chi connectivity index (χ2n) is 3.64. The third kappa shape index (κ3) is 2.23. The van der Waals surface area contributed by atoms with Crippen LogP contribution in [-0.4, -0.2) is 18.0 Å². The number of nitrogen functional groups attached to an aromatic ring is 1. The Bertz CT molecular complexity index is 264. The van der Waals surface area contributed by atoms with Crippen molar-refractivity contribution in [3.05, 3.63) is 16.3 Å². The Morgan fingerprint density at radius 3 is 2.69 bits per heavy atom. The molecular weight excluding hydrogens is 180 g/mol. The maximum absolute atomic E-state index is 5.84. The van der Waals surface area contributed by atoms with Gasteiger partial charge in [0.25, 0.3) is 0 Å². The first-order chi connectivity index (χ1) is 6.36. The van der Waals surface area contributed by atoms with Crippen molar-refractivity contribution in [1.82, 2.24) is 4.90 Å². The van der Waals surface area contributed by atoms with Crippen LogP contribution in [0.3, 0.4) is 0 Å². The average Bonchev–Trinajstić information content (AvgIpc) is 2.54. The summed E-state index contributed by atoms with van der Waals surface area (Å²) < 4.78 is 0. The van der Waals surface area contributed by atoms with Crippen LogP contribution in [0.2, 0.25) is 0 Å². The second-order valence-corrected chi connectivity index (χ2v) is 4.64. The monoisotopic (exact) mass is 196 g/mol. The van der Waals surface area contributed by atoms with E-state index in [4.69, 9.17) is 5.73 Å². The summed E-state index contributed by atoms with van der Waals surface area (Å²) in [4.78, 5) is 3.84. The lowest BCUT2D eigenvalue weighted by molar-refractivity contribution is 0.223. The van der Waals surface area contributed by atoms with Gasteiger partial charge in [0.2, 0.25) is 0 Å². The van der Waals surface area contributed by atoms with Gasteiger partial charge >= 0.3 is 0 Å². The topological polar surface area (TPSA) is 29.3 Å². The van der Waals surface area contributed by atoms with Gasteiger partial charge in [-0.25, -0.2) is 0 Å². The lowest BCUT2D eigenvalue weighted by atomic mass is 10.1. The van der Waals surface area contributed by atoms with Gasteiger partial charge in [0.1, 0.15) is 0 Å². The van der Waals surface area contributed by atoms with Crippen LogP contribution in [0.5, 0.6) is 0 Å². The first-order valence-corrected chi connectivity index (χ1v) is 5.78. The van der Waals surface area contributed by atoms with Gasteiger partial charge in [-0.1, -0.05) is 6.42 Å². The van der Waals surface area contributed by atoms with Crippen LogP contribution in [0.4, 0.5) is 5.69 Å². The fourth-order valence-electron chi connectivity index (χ4n) is 1.80. The summed E-state index contributed by atoms with van der Waals surface area (Å²) in [5.41, 5.74) is 6.81. The van der Waals surface area contributed by atoms with E-state index in [1.54, 1.807) is 11.3 Å². The summed E-state index contributed by atoms with van der Waals surface area (Å²) in [6, 6.07) is 2.00. The molecule has 1 aromatic heterocycles. The maximum Gasteiger partial charge on any atom is 0.0468 e. The normalized spacial score (nSPS) is 19.1. The molecule has 1 saturated heterocycles. The number of nitrogens with two attached hydrogens (primary N) is 1. The Hall–Kier alpha value is -0.540. The molecule has 2 nitrogen and oxygen atoms in total. The molecule has 0 amide bonds. The van der Waals surface area contributed by atoms with E-state index >= 15 is 0 Å². The quantitative estimate of drug-likeness (QED) is 0.786. The predicted molar refractivity (Wildman–Crippen MR) is 57.9 cm³/mol. The fraction of sp³-hybridized carbons (Fsp3) is 0.600. The Morgan fingerprint density at radius 2 is 2.08 bits per heavy atom. The Labute approximate surface area is 83.4 Å². The molecule has 0 atom stereocenters. The highest BCUT2D eigenvalue weighted by molar-refractivity contribution is 7.10. The minimum Gasteiger partial charge on any atom is -0.398 e. The van der Waals surface area contributed by atoms with Gasteiger partial charge in [-0.15, -0.1) is 11.3 Å². The number of likely N-dealkylation sites (tertiary alicyclic amines) is 1. The summed E-state index contributed by atoms with van der Waals surface area (Å²) in [6.45, 7) is 3.55. The van der Waals surface area contributed by atoms with Crippen molar-refractivity contribution < 1.29 is 0 Å². The van der Waals surface area contributed by atoms with Crippen LogP contribution in [0.15, 0.2) is 11.4 Å². The van der Waals surface area contributed by atoms with Crippen molar-refractivity contribution in [3.63, 3.8) is 0 Å². The molecule has 0 aromatic carbocycles. The zero-order chi connectivity index (χ0) is 9.10. The highest BCUT2D eigenvalue weighted by atomic mass is 32.1. The predicted octanol–water partition coefficient (Wildman–Crippen LogP) is 2.32. The molecule has 0 unspecified atom stereocenters. The molecule has 1 aliphatic heterocycles. The highest BCUT2D eigenvalue weighted by Crippen LogP contribution is 2.22. The number of hydrogen-bond donors (Lipinski definition) is 1. The largest absolute Gasteiger partial charge is 0.398 e. The second kappa shape index (κ2) is 4.11. The van der Waals surface area contributed by atoms with E-state index in [1.807, 2.05) is 6.07 Å². The van der Waals surface area contributed by atoms with Gasteiger partial charge in [0, 0.05) is 17.1 Å². The maximum atomic E-state index is 5.84. The molecule has 0 saturated carbocycles. The molecular formula is C10H16N2S. The average molecular weight is 196 g/mol. The lowest BCUT2D eigenvalue weighted by Gasteiger charge is -2.25. The van der Waals surface area contributed by atoms with Crippen molar-refractivity contribution in [2.24, 2.45) is 0 Å². The zero-order valence-corrected chi connectivity index (χ0v) is 8.65. The Morgan fingerprint density at radius 1 is 1.31 bits per heavy atom. The number of nitrogens with zero attached hydrogens (tertiary/aromatic N) is 1. The first kappa shape index (κ1) is 9.03. The number of hydrogen-bond acceptors (Lipinski definition) is 3. The Kier molecular flexibility index (Phi) is 2.86. The van der Waals surface area contributed by atoms with E-state index in [9.17, 15) is 0 Å². The molecule has 0 spiro atoms. The van der Waals surface area contributed by atoms with Crippen LogP contribution in [0.1, 0.15) is 24.1 Å². The van der Waals surface area contributed by atoms with E-state index < -0.39 is 0 Å². The minimum absolute atomic E-state index is 0.968. The standard InChI is InChI=1S/C10H16N2S/c11-9-4-7-13-10(9)8-12-5-2-1-3-6-12/h4,7H,1-3,5-6,8,11H2. The van der Waals surface area contributed by atoms with Crippen LogP contribution in [0, 0.1) is 0 Å². The highest BCUT2D eigenvalue weighted by Gasteiger charge is 2.11. The van der Waals surface area contributed by atoms with E-state index in [1.165, 1.54) is 37.2 Å². The molecule has 2 heterocycles. The minimum atomic E-state index is 0.968. The van der Waals surface area contributed by atoms with Gasteiger partial charge in [-0.3, -0.25) is 4.90 Å². The summed E-state index contributed by atoms with van der Waals surface area (Å²) >= 11 is 1.78. The molecule has 2 N–H and O–H groups in total. The van der Waals surface area contributed by atoms with Crippen LogP contribution >= 0.6 is 11.3 Å². The number of thiophene rings is 1. The molecule has 3 heteroatoms. The summed E-state index contributed by atoms with van der Waals surface area (Å²) in [5, 5.41) is 2.08. The number of rotatable bonds is 2. The van der Waals surface area contributed by atoms with Gasteiger partial charge < -0.3 is 5.73 Å². The molecule has 2 rings (SSSR count). The molecule has 1 aliphatic rings. The smallest absolute Gasteiger partial charge is 0.0468 e. The van der Waals surface area contributed by atoms with Gasteiger partial charge in [0.05, 0.1) is 0 Å². The van der Waals surface area contributed by atoms with Gasteiger partial charge in [-0.05, 0) is 37.4 Å². The third-order valence-corrected chi connectivity index (χ3v) is 3.52. The lowest BCUT2D eigenvalue weighted by Crippen LogP contribution is -2.28. The first-order valence-electron chi connectivity index (χ1n) is 4.90. The third-order valence-electron chi connectivity index (χ3n) is 2.60. The van der Waals surface area contributed by atoms with Crippen LogP contribution in [0.25, 0.3) is 0 Å². The number of piperidine rings is 1. The molecule has 1 aromatic rings. The van der Waals surface area contributed by atoms with E-state index in [0.717, 1.165) is 12.2 Å². The fourth-order valence-corrected chi connectivity index (χ4v) is 2.64. The summed E-state index contributed by atoms with van der Waals surface area (Å²) in [5.74, 6) is 0. The molecule has 0 aliphatic carbocycles. The van der Waals surface area contributed by atoms with Crippen molar-refractivity contribution in [2.75, 3.05) is 18.8 Å². The van der Waals surface area contributed by atoms with Crippen molar-refractivity contribution in [2.45, 2.75) is 25.8 Å². The molecule has 0 bridgehead atoms. The van der Waals surface area contributed by atoms with Crippen molar-refractivity contribution >= 4 is 17.0 Å². The summed E-state index contributed by atoms with van der Waals surface area (Å²) in [7, 11) is 0. The van der Waals surface area contributed by atoms with Gasteiger partial charge in [0.15, 0.2) is 0 Å². The SMILES string of the molecule is Nc1ccsc1CN1CCCCC1. The molecule has 72 valence electrons. The van der Waals surface area contributed by atoms with Crippen molar-refractivity contribution in [1.29, 1.82) is 0 Å². The van der Waals surface area contributed by atoms with E-state index in [0.29, 0.717) is 0 Å². The molecule has 0 radical (unpaired) electrons. The van der Waals surface area contributed by atoms with Crippen molar-refractivity contribution in [3.8, 4) is 0 Å². The molecule has 1 fully saturated rings. The summed E-state index contributed by atoms with van der Waals surface area (Å²) in [6.07, 6.45) is 4.10. The molecule has 13 heavy (non-hydrogen) atoms. The van der Waals surface area contributed by atoms with Crippen LogP contribution < -0.4 is 5.73 Å². The zero-order valence-electron chi connectivity index (χ0n) is 7.83. The van der Waals surface area contributed by atoms with Crippen LogP contribution in [-0.2, 0) is 6.54 Å². The van der Waals surface area contributed by atoms with E-state index in [-0.39, 0.29) is 0 Å². The van der Waals surface area contributed by atoms with Gasteiger partial charge in [-0.2, -0.15) is 0 Å². The van der Waals surface area contributed by atoms with E-state index in [2.05, 4.69) is 10.3 Å².